The van der Waals surface area contributed by atoms with E-state index in [2.05, 4.69) is 15.8 Å². The summed E-state index contributed by atoms with van der Waals surface area (Å²) in [5.74, 6) is -0.423. The van der Waals surface area contributed by atoms with E-state index >= 15 is 0 Å². The minimum atomic E-state index is -0.547. The second-order valence-corrected chi connectivity index (χ2v) is 7.11. The average molecular weight is 417 g/mol. The zero-order chi connectivity index (χ0) is 22.4. The highest BCUT2D eigenvalue weighted by molar-refractivity contribution is 6.05. The molecule has 0 saturated carbocycles. The summed E-state index contributed by atoms with van der Waals surface area (Å²) in [5, 5.41) is 18.4. The summed E-state index contributed by atoms with van der Waals surface area (Å²) in [5.41, 5.74) is 6.28. The lowest BCUT2D eigenvalue weighted by molar-refractivity contribution is -0.384. The summed E-state index contributed by atoms with van der Waals surface area (Å²) in [6.45, 7) is 1.87. The van der Waals surface area contributed by atoms with Crippen LogP contribution in [0.5, 0.6) is 0 Å². The van der Waals surface area contributed by atoms with E-state index < -0.39 is 10.8 Å². The fourth-order valence-electron chi connectivity index (χ4n) is 2.86. The molecule has 0 heterocycles. The van der Waals surface area contributed by atoms with Crippen LogP contribution in [0.4, 0.5) is 22.7 Å². The van der Waals surface area contributed by atoms with Crippen molar-refractivity contribution < 1.29 is 9.72 Å². The summed E-state index contributed by atoms with van der Waals surface area (Å²) in [6, 6.07) is 19.2. The molecule has 2 N–H and O–H groups in total. The maximum absolute atomic E-state index is 12.5. The molecule has 0 fully saturated rings. The van der Waals surface area contributed by atoms with Gasteiger partial charge in [-0.1, -0.05) is 30.3 Å². The van der Waals surface area contributed by atoms with Gasteiger partial charge in [0.2, 0.25) is 0 Å². The Morgan fingerprint density at radius 2 is 1.74 bits per heavy atom. The largest absolute Gasteiger partial charge is 0.378 e. The van der Waals surface area contributed by atoms with Gasteiger partial charge in [0, 0.05) is 37.1 Å². The fraction of sp³-hybridized carbons (Fsp3) is 0.130. The number of hydrazone groups is 1. The van der Waals surface area contributed by atoms with Gasteiger partial charge in [-0.2, -0.15) is 5.10 Å². The van der Waals surface area contributed by atoms with Gasteiger partial charge in [-0.3, -0.25) is 20.3 Å². The molecule has 3 aromatic rings. The number of hydrogen-bond donors (Lipinski definition) is 2. The summed E-state index contributed by atoms with van der Waals surface area (Å²) < 4.78 is 0. The third-order valence-electron chi connectivity index (χ3n) is 4.66. The molecule has 3 rings (SSSR count). The van der Waals surface area contributed by atoms with Crippen LogP contribution in [0, 0.1) is 17.0 Å². The molecule has 158 valence electrons. The number of para-hydroxylation sites is 1. The Labute approximate surface area is 180 Å². The fourth-order valence-corrected chi connectivity index (χ4v) is 2.86. The van der Waals surface area contributed by atoms with Crippen LogP contribution in [-0.4, -0.2) is 31.1 Å². The highest BCUT2D eigenvalue weighted by Gasteiger charge is 2.18. The summed E-state index contributed by atoms with van der Waals surface area (Å²) in [7, 11) is 3.91. The van der Waals surface area contributed by atoms with Crippen LogP contribution < -0.4 is 15.6 Å². The molecule has 0 aromatic heterocycles. The SMILES string of the molecule is Cc1ccccc1NC(=O)c1ccc(NN=Cc2ccc(N(C)C)cc2)c([N+](=O)[O-])c1. The molecule has 0 radical (unpaired) electrons. The zero-order valence-electron chi connectivity index (χ0n) is 17.5. The highest BCUT2D eigenvalue weighted by Crippen LogP contribution is 2.26. The third kappa shape index (κ3) is 5.45. The maximum atomic E-state index is 12.5. The van der Waals surface area contributed by atoms with E-state index in [-0.39, 0.29) is 16.9 Å². The number of carbonyl (C=O) groups is 1. The Morgan fingerprint density at radius 1 is 1.03 bits per heavy atom. The quantitative estimate of drug-likeness (QED) is 0.331. The van der Waals surface area contributed by atoms with Crippen molar-refractivity contribution in [2.75, 3.05) is 29.7 Å². The Bertz CT molecular complexity index is 1120. The minimum Gasteiger partial charge on any atom is -0.378 e. The van der Waals surface area contributed by atoms with Gasteiger partial charge in [0.05, 0.1) is 11.1 Å². The molecule has 8 nitrogen and oxygen atoms in total. The van der Waals surface area contributed by atoms with E-state index in [0.29, 0.717) is 5.69 Å². The molecule has 0 bridgehead atoms. The van der Waals surface area contributed by atoms with Crippen molar-refractivity contribution in [3.63, 3.8) is 0 Å². The van der Waals surface area contributed by atoms with E-state index in [1.54, 1.807) is 12.3 Å². The second-order valence-electron chi connectivity index (χ2n) is 7.11. The predicted molar refractivity (Wildman–Crippen MR) is 124 cm³/mol. The number of nitro groups is 1. The first-order valence-corrected chi connectivity index (χ1v) is 9.57. The first-order chi connectivity index (χ1) is 14.8. The van der Waals surface area contributed by atoms with Crippen LogP contribution in [0.15, 0.2) is 71.8 Å². The van der Waals surface area contributed by atoms with Crippen LogP contribution in [0.2, 0.25) is 0 Å². The Morgan fingerprint density at radius 3 is 2.39 bits per heavy atom. The smallest absolute Gasteiger partial charge is 0.294 e. The van der Waals surface area contributed by atoms with Crippen molar-refractivity contribution in [2.45, 2.75) is 6.92 Å². The number of hydrogen-bond acceptors (Lipinski definition) is 6. The van der Waals surface area contributed by atoms with Crippen LogP contribution in [0.1, 0.15) is 21.5 Å². The lowest BCUT2D eigenvalue weighted by Crippen LogP contribution is -2.13. The molecule has 3 aromatic carbocycles. The van der Waals surface area contributed by atoms with Gasteiger partial charge >= 0.3 is 0 Å². The molecule has 31 heavy (non-hydrogen) atoms. The van der Waals surface area contributed by atoms with E-state index in [4.69, 9.17) is 0 Å². The van der Waals surface area contributed by atoms with Crippen LogP contribution in [0.25, 0.3) is 0 Å². The molecular weight excluding hydrogens is 394 g/mol. The monoisotopic (exact) mass is 417 g/mol. The summed E-state index contributed by atoms with van der Waals surface area (Å²) >= 11 is 0. The topological polar surface area (TPSA) is 99.9 Å². The summed E-state index contributed by atoms with van der Waals surface area (Å²) in [4.78, 5) is 25.5. The van der Waals surface area contributed by atoms with E-state index in [1.165, 1.54) is 18.2 Å². The number of carbonyl (C=O) groups excluding carboxylic acids is 1. The van der Waals surface area contributed by atoms with E-state index in [9.17, 15) is 14.9 Å². The molecule has 0 aliphatic carbocycles. The van der Waals surface area contributed by atoms with Crippen molar-refractivity contribution in [1.29, 1.82) is 0 Å². The maximum Gasteiger partial charge on any atom is 0.294 e. The lowest BCUT2D eigenvalue weighted by Gasteiger charge is -2.11. The number of nitrogens with one attached hydrogen (secondary N) is 2. The number of nitro benzene ring substituents is 1. The molecule has 0 spiro atoms. The predicted octanol–water partition coefficient (Wildman–Crippen LogP) is 4.67. The van der Waals surface area contributed by atoms with Gasteiger partial charge in [-0.15, -0.1) is 0 Å². The first kappa shape index (κ1) is 21.5. The standard InChI is InChI=1S/C23H23N5O3/c1-16-6-4-5-7-20(16)25-23(29)18-10-13-21(22(14-18)28(30)31)26-24-15-17-8-11-19(12-9-17)27(2)3/h4-15,26H,1-3H3,(H,25,29). The second kappa shape index (κ2) is 9.53. The van der Waals surface area contributed by atoms with Gasteiger partial charge < -0.3 is 10.2 Å². The Balaban J connectivity index is 1.75. The molecule has 0 unspecified atom stereocenters. The average Bonchev–Trinajstić information content (AvgIpc) is 2.75. The van der Waals surface area contributed by atoms with Crippen molar-refractivity contribution in [2.24, 2.45) is 5.10 Å². The first-order valence-electron chi connectivity index (χ1n) is 9.57. The molecule has 8 heteroatoms. The van der Waals surface area contributed by atoms with Crippen molar-refractivity contribution in [3.8, 4) is 0 Å². The lowest BCUT2D eigenvalue weighted by atomic mass is 10.1. The number of aryl methyl sites for hydroxylation is 1. The zero-order valence-corrected chi connectivity index (χ0v) is 17.5. The van der Waals surface area contributed by atoms with Crippen LogP contribution in [0.3, 0.4) is 0 Å². The molecule has 0 aliphatic rings. The van der Waals surface area contributed by atoms with Gasteiger partial charge in [-0.25, -0.2) is 0 Å². The number of amides is 1. The van der Waals surface area contributed by atoms with Gasteiger partial charge in [-0.05, 0) is 48.4 Å². The normalized spacial score (nSPS) is 10.7. The number of anilines is 3. The number of rotatable bonds is 7. The van der Waals surface area contributed by atoms with Crippen LogP contribution >= 0.6 is 0 Å². The van der Waals surface area contributed by atoms with Gasteiger partial charge in [0.15, 0.2) is 0 Å². The molecule has 0 saturated heterocycles. The number of benzene rings is 3. The van der Waals surface area contributed by atoms with E-state index in [1.807, 2.05) is 68.4 Å². The van der Waals surface area contributed by atoms with E-state index in [0.717, 1.165) is 16.8 Å². The minimum absolute atomic E-state index is 0.184. The molecule has 1 amide bonds. The molecule has 0 atom stereocenters. The molecular formula is C23H23N5O3. The summed E-state index contributed by atoms with van der Waals surface area (Å²) in [6.07, 6.45) is 1.57. The van der Waals surface area contributed by atoms with Crippen LogP contribution in [-0.2, 0) is 0 Å². The number of nitrogens with zero attached hydrogens (tertiary/aromatic N) is 3. The van der Waals surface area contributed by atoms with Crippen molar-refractivity contribution in [1.82, 2.24) is 0 Å². The third-order valence-corrected chi connectivity index (χ3v) is 4.66. The Hall–Kier alpha value is -4.20. The van der Waals surface area contributed by atoms with Gasteiger partial charge in [0.1, 0.15) is 5.69 Å². The van der Waals surface area contributed by atoms with Crippen molar-refractivity contribution >= 4 is 34.9 Å². The van der Waals surface area contributed by atoms with Gasteiger partial charge in [0.25, 0.3) is 11.6 Å². The Kier molecular flexibility index (Phi) is 6.61. The molecule has 0 aliphatic heterocycles. The highest BCUT2D eigenvalue weighted by atomic mass is 16.6. The van der Waals surface area contributed by atoms with Crippen molar-refractivity contribution in [3.05, 3.63) is 93.5 Å².